The lowest BCUT2D eigenvalue weighted by Crippen LogP contribution is -2.26. The van der Waals surface area contributed by atoms with Gasteiger partial charge in [0.2, 0.25) is 0 Å². The number of nitriles is 1. The molecular weight excluding hydrogens is 194 g/mol. The fraction of sp³-hybridized carbons (Fsp3) is 0.909. The summed E-state index contributed by atoms with van der Waals surface area (Å²) in [5.74, 6) is 1.22. The van der Waals surface area contributed by atoms with E-state index in [1.165, 1.54) is 12.8 Å². The van der Waals surface area contributed by atoms with E-state index < -0.39 is 10.8 Å². The molecule has 0 aromatic heterocycles. The topological polar surface area (TPSA) is 40.9 Å². The predicted octanol–water partition coefficient (Wildman–Crippen LogP) is 2.47. The lowest BCUT2D eigenvalue weighted by molar-refractivity contribution is 0.389. The fourth-order valence-corrected chi connectivity index (χ4v) is 3.85. The van der Waals surface area contributed by atoms with Crippen molar-refractivity contribution in [3.63, 3.8) is 0 Å². The molecule has 0 heterocycles. The van der Waals surface area contributed by atoms with E-state index >= 15 is 0 Å². The molecular formula is C11H19NOS. The highest BCUT2D eigenvalue weighted by Crippen LogP contribution is 2.27. The van der Waals surface area contributed by atoms with Crippen molar-refractivity contribution in [3.8, 4) is 6.07 Å². The van der Waals surface area contributed by atoms with E-state index in [0.29, 0.717) is 11.0 Å². The van der Waals surface area contributed by atoms with Crippen molar-refractivity contribution in [1.29, 1.82) is 5.26 Å². The molecule has 1 saturated carbocycles. The van der Waals surface area contributed by atoms with Gasteiger partial charge in [0.25, 0.3) is 0 Å². The van der Waals surface area contributed by atoms with Crippen LogP contribution >= 0.6 is 0 Å². The Labute approximate surface area is 89.1 Å². The summed E-state index contributed by atoms with van der Waals surface area (Å²) in [4.78, 5) is 0. The Morgan fingerprint density at radius 2 is 2.29 bits per heavy atom. The van der Waals surface area contributed by atoms with Crippen LogP contribution in [-0.4, -0.2) is 15.2 Å². The van der Waals surface area contributed by atoms with Gasteiger partial charge in [0.1, 0.15) is 0 Å². The van der Waals surface area contributed by atoms with E-state index in [-0.39, 0.29) is 5.92 Å². The molecule has 1 rings (SSSR count). The summed E-state index contributed by atoms with van der Waals surface area (Å²) in [6.45, 7) is 4.08. The first-order valence-electron chi connectivity index (χ1n) is 5.40. The Hall–Kier alpha value is -0.360. The Morgan fingerprint density at radius 3 is 2.86 bits per heavy atom. The van der Waals surface area contributed by atoms with Crippen LogP contribution < -0.4 is 0 Å². The minimum absolute atomic E-state index is 0.0620. The molecule has 0 radical (unpaired) electrons. The second kappa shape index (κ2) is 5.50. The van der Waals surface area contributed by atoms with Gasteiger partial charge in [-0.3, -0.25) is 4.21 Å². The maximum Gasteiger partial charge on any atom is 0.0662 e. The second-order valence-electron chi connectivity index (χ2n) is 4.47. The van der Waals surface area contributed by atoms with Crippen LogP contribution in [0.2, 0.25) is 0 Å². The molecule has 1 fully saturated rings. The minimum atomic E-state index is -0.780. The molecule has 14 heavy (non-hydrogen) atoms. The zero-order valence-corrected chi connectivity index (χ0v) is 9.85. The molecule has 4 unspecified atom stereocenters. The van der Waals surface area contributed by atoms with Gasteiger partial charge in [-0.05, 0) is 25.7 Å². The Kier molecular flexibility index (Phi) is 4.60. The van der Waals surface area contributed by atoms with Gasteiger partial charge in [-0.1, -0.05) is 19.8 Å². The highest BCUT2D eigenvalue weighted by Gasteiger charge is 2.24. The molecule has 1 aliphatic carbocycles. The quantitative estimate of drug-likeness (QED) is 0.722. The monoisotopic (exact) mass is 213 g/mol. The zero-order chi connectivity index (χ0) is 10.6. The first-order valence-corrected chi connectivity index (χ1v) is 6.78. The van der Waals surface area contributed by atoms with Crippen molar-refractivity contribution in [1.82, 2.24) is 0 Å². The van der Waals surface area contributed by atoms with Crippen molar-refractivity contribution >= 4 is 10.8 Å². The van der Waals surface area contributed by atoms with Crippen molar-refractivity contribution < 1.29 is 4.21 Å². The van der Waals surface area contributed by atoms with E-state index in [0.717, 1.165) is 18.8 Å². The van der Waals surface area contributed by atoms with E-state index in [1.54, 1.807) is 0 Å². The molecule has 0 aromatic rings. The summed E-state index contributed by atoms with van der Waals surface area (Å²) < 4.78 is 11.9. The van der Waals surface area contributed by atoms with Crippen LogP contribution in [0.1, 0.15) is 39.5 Å². The van der Waals surface area contributed by atoms with Crippen molar-refractivity contribution in [3.05, 3.63) is 0 Å². The van der Waals surface area contributed by atoms with Crippen molar-refractivity contribution in [2.24, 2.45) is 11.8 Å². The Balaban J connectivity index is 2.40. The second-order valence-corrected chi connectivity index (χ2v) is 6.23. The van der Waals surface area contributed by atoms with Crippen LogP contribution in [0.5, 0.6) is 0 Å². The molecule has 0 bridgehead atoms. The summed E-state index contributed by atoms with van der Waals surface area (Å²) in [7, 11) is -0.780. The summed E-state index contributed by atoms with van der Waals surface area (Å²) in [6.07, 6.45) is 4.67. The van der Waals surface area contributed by atoms with Crippen molar-refractivity contribution in [2.75, 3.05) is 5.75 Å². The van der Waals surface area contributed by atoms with E-state index in [9.17, 15) is 4.21 Å². The largest absolute Gasteiger partial charge is 0.259 e. The van der Waals surface area contributed by atoms with Gasteiger partial charge in [0.15, 0.2) is 0 Å². The molecule has 3 heteroatoms. The molecule has 0 N–H and O–H groups in total. The zero-order valence-electron chi connectivity index (χ0n) is 9.03. The van der Waals surface area contributed by atoms with Crippen LogP contribution in [0.25, 0.3) is 0 Å². The molecule has 0 aromatic carbocycles. The number of hydrogen-bond donors (Lipinski definition) is 0. The molecule has 0 saturated heterocycles. The van der Waals surface area contributed by atoms with E-state index in [2.05, 4.69) is 13.0 Å². The summed E-state index contributed by atoms with van der Waals surface area (Å²) >= 11 is 0. The van der Waals surface area contributed by atoms with Gasteiger partial charge in [0.05, 0.1) is 12.0 Å². The normalized spacial score (nSPS) is 31.8. The fourth-order valence-electron chi connectivity index (χ4n) is 2.04. The first-order chi connectivity index (χ1) is 6.63. The van der Waals surface area contributed by atoms with E-state index in [1.807, 2.05) is 6.92 Å². The van der Waals surface area contributed by atoms with Crippen LogP contribution in [0, 0.1) is 23.2 Å². The maximum absolute atomic E-state index is 11.9. The van der Waals surface area contributed by atoms with Crippen molar-refractivity contribution in [2.45, 2.75) is 44.8 Å². The molecule has 80 valence electrons. The van der Waals surface area contributed by atoms with E-state index in [4.69, 9.17) is 5.26 Å². The lowest BCUT2D eigenvalue weighted by atomic mass is 9.91. The smallest absolute Gasteiger partial charge is 0.0662 e. The summed E-state index contributed by atoms with van der Waals surface area (Å²) in [6, 6.07) is 2.15. The third kappa shape index (κ3) is 3.42. The number of nitrogens with zero attached hydrogens (tertiary/aromatic N) is 1. The Morgan fingerprint density at radius 1 is 1.57 bits per heavy atom. The average molecular weight is 213 g/mol. The highest BCUT2D eigenvalue weighted by molar-refractivity contribution is 7.85. The van der Waals surface area contributed by atoms with Gasteiger partial charge in [-0.15, -0.1) is 0 Å². The SMILES string of the molecule is CC(C#N)CS(=O)C1CCCC(C)C1. The molecule has 0 amide bonds. The van der Waals surface area contributed by atoms with Crippen LogP contribution in [0.3, 0.4) is 0 Å². The Bertz CT molecular complexity index is 246. The standard InChI is InChI=1S/C11H19NOS/c1-9-4-3-5-11(6-9)14(13)8-10(2)7-12/h9-11H,3-6,8H2,1-2H3. The first kappa shape index (κ1) is 11.7. The van der Waals surface area contributed by atoms with Gasteiger partial charge in [-0.25, -0.2) is 0 Å². The molecule has 0 aliphatic heterocycles. The lowest BCUT2D eigenvalue weighted by Gasteiger charge is -2.26. The van der Waals surface area contributed by atoms with Gasteiger partial charge >= 0.3 is 0 Å². The molecule has 4 atom stereocenters. The summed E-state index contributed by atoms with van der Waals surface area (Å²) in [5, 5.41) is 9.01. The maximum atomic E-state index is 11.9. The molecule has 0 spiro atoms. The number of rotatable bonds is 3. The third-order valence-electron chi connectivity index (χ3n) is 2.89. The van der Waals surface area contributed by atoms with Gasteiger partial charge < -0.3 is 0 Å². The predicted molar refractivity (Wildman–Crippen MR) is 59.2 cm³/mol. The van der Waals surface area contributed by atoms with Gasteiger partial charge in [0, 0.05) is 21.8 Å². The van der Waals surface area contributed by atoms with Crippen LogP contribution in [0.15, 0.2) is 0 Å². The van der Waals surface area contributed by atoms with Crippen LogP contribution in [-0.2, 0) is 10.8 Å². The van der Waals surface area contributed by atoms with Crippen LogP contribution in [0.4, 0.5) is 0 Å². The minimum Gasteiger partial charge on any atom is -0.259 e. The summed E-state index contributed by atoms with van der Waals surface area (Å²) in [5.41, 5.74) is 0. The molecule has 1 aliphatic rings. The highest BCUT2D eigenvalue weighted by atomic mass is 32.2. The number of hydrogen-bond acceptors (Lipinski definition) is 2. The van der Waals surface area contributed by atoms with Gasteiger partial charge in [-0.2, -0.15) is 5.26 Å². The average Bonchev–Trinajstić information content (AvgIpc) is 2.17. The third-order valence-corrected chi connectivity index (χ3v) is 4.89. The molecule has 2 nitrogen and oxygen atoms in total.